The van der Waals surface area contributed by atoms with Crippen molar-refractivity contribution in [2.24, 2.45) is 5.14 Å². The molecule has 0 saturated heterocycles. The van der Waals surface area contributed by atoms with Crippen LogP contribution < -0.4 is 9.88 Å². The number of ether oxygens (including phenoxy) is 1. The second kappa shape index (κ2) is 6.62. The van der Waals surface area contributed by atoms with Crippen molar-refractivity contribution in [1.29, 1.82) is 0 Å². The average Bonchev–Trinajstić information content (AvgIpc) is 2.59. The summed E-state index contributed by atoms with van der Waals surface area (Å²) in [6, 6.07) is 13.9. The number of fused-ring (bicyclic) bond motifs is 1. The first kappa shape index (κ1) is 16.5. The Hall–Kier alpha value is -2.38. The highest BCUT2D eigenvalue weighted by Gasteiger charge is 2.22. The highest BCUT2D eigenvalue weighted by atomic mass is 32.2. The first-order valence-electron chi connectivity index (χ1n) is 7.54. The second-order valence-corrected chi connectivity index (χ2v) is 7.20. The largest absolute Gasteiger partial charge is 0.484 e. The SMILES string of the molecule is NS(=O)(=O)c1ccc2c(c1)CN(C(=O)COc1ccccc1)CC2. The van der Waals surface area contributed by atoms with Crippen molar-refractivity contribution in [2.45, 2.75) is 17.9 Å². The Morgan fingerprint density at radius 1 is 1.12 bits per heavy atom. The fraction of sp³-hybridized carbons (Fsp3) is 0.235. The number of benzene rings is 2. The molecule has 0 saturated carbocycles. The Morgan fingerprint density at radius 2 is 1.88 bits per heavy atom. The number of carbonyl (C=O) groups is 1. The molecule has 1 heterocycles. The molecule has 1 aliphatic rings. The van der Waals surface area contributed by atoms with Crippen LogP contribution in [0.5, 0.6) is 5.75 Å². The minimum atomic E-state index is -3.75. The fourth-order valence-electron chi connectivity index (χ4n) is 2.68. The molecule has 1 amide bonds. The Kier molecular flexibility index (Phi) is 4.55. The molecule has 0 unspecified atom stereocenters. The summed E-state index contributed by atoms with van der Waals surface area (Å²) in [7, 11) is -3.75. The lowest BCUT2D eigenvalue weighted by Gasteiger charge is -2.29. The highest BCUT2D eigenvalue weighted by molar-refractivity contribution is 7.89. The summed E-state index contributed by atoms with van der Waals surface area (Å²) in [6.07, 6.45) is 0.678. The van der Waals surface area contributed by atoms with Crippen molar-refractivity contribution >= 4 is 15.9 Å². The Labute approximate surface area is 140 Å². The van der Waals surface area contributed by atoms with Crippen LogP contribution in [0.1, 0.15) is 11.1 Å². The van der Waals surface area contributed by atoms with Crippen molar-refractivity contribution in [2.75, 3.05) is 13.2 Å². The lowest BCUT2D eigenvalue weighted by Crippen LogP contribution is -2.39. The lowest BCUT2D eigenvalue weighted by molar-refractivity contribution is -0.134. The molecular weight excluding hydrogens is 328 g/mol. The van der Waals surface area contributed by atoms with Gasteiger partial charge in [-0.05, 0) is 41.8 Å². The van der Waals surface area contributed by atoms with Crippen LogP contribution in [-0.2, 0) is 27.8 Å². The first-order chi connectivity index (χ1) is 11.4. The molecule has 6 nitrogen and oxygen atoms in total. The van der Waals surface area contributed by atoms with Crippen molar-refractivity contribution in [3.8, 4) is 5.75 Å². The molecule has 3 rings (SSSR count). The van der Waals surface area contributed by atoms with E-state index in [1.165, 1.54) is 6.07 Å². The summed E-state index contributed by atoms with van der Waals surface area (Å²) in [6.45, 7) is 0.891. The molecule has 7 heteroatoms. The van der Waals surface area contributed by atoms with Crippen LogP contribution >= 0.6 is 0 Å². The van der Waals surface area contributed by atoms with E-state index in [0.717, 1.165) is 11.1 Å². The second-order valence-electron chi connectivity index (χ2n) is 5.64. The van der Waals surface area contributed by atoms with Crippen molar-refractivity contribution in [3.05, 3.63) is 59.7 Å². The zero-order chi connectivity index (χ0) is 17.2. The monoisotopic (exact) mass is 346 g/mol. The van der Waals surface area contributed by atoms with E-state index in [-0.39, 0.29) is 17.4 Å². The van der Waals surface area contributed by atoms with E-state index in [1.54, 1.807) is 29.2 Å². The Morgan fingerprint density at radius 3 is 2.58 bits per heavy atom. The normalized spacial score (nSPS) is 14.1. The number of hydrogen-bond acceptors (Lipinski definition) is 4. The number of nitrogens with two attached hydrogens (primary N) is 1. The third-order valence-corrected chi connectivity index (χ3v) is 4.89. The number of sulfonamides is 1. The van der Waals surface area contributed by atoms with Gasteiger partial charge < -0.3 is 9.64 Å². The summed E-state index contributed by atoms with van der Waals surface area (Å²) in [5.41, 5.74) is 1.84. The van der Waals surface area contributed by atoms with Crippen LogP contribution in [0.4, 0.5) is 0 Å². The quantitative estimate of drug-likeness (QED) is 0.903. The predicted molar refractivity (Wildman–Crippen MR) is 88.9 cm³/mol. The van der Waals surface area contributed by atoms with Gasteiger partial charge in [-0.25, -0.2) is 13.6 Å². The number of amides is 1. The minimum Gasteiger partial charge on any atom is -0.484 e. The third-order valence-electron chi connectivity index (χ3n) is 3.98. The summed E-state index contributed by atoms with van der Waals surface area (Å²) in [4.78, 5) is 14.1. The van der Waals surface area contributed by atoms with Crippen LogP contribution in [0.15, 0.2) is 53.4 Å². The van der Waals surface area contributed by atoms with Crippen LogP contribution in [0.3, 0.4) is 0 Å². The molecule has 2 aromatic carbocycles. The lowest BCUT2D eigenvalue weighted by atomic mass is 10.00. The molecule has 0 spiro atoms. The number of nitrogens with zero attached hydrogens (tertiary/aromatic N) is 1. The Bertz CT molecular complexity index is 850. The van der Waals surface area contributed by atoms with Gasteiger partial charge in [0.1, 0.15) is 5.75 Å². The highest BCUT2D eigenvalue weighted by Crippen LogP contribution is 2.22. The maximum Gasteiger partial charge on any atom is 0.260 e. The van der Waals surface area contributed by atoms with E-state index >= 15 is 0 Å². The van der Waals surface area contributed by atoms with Crippen molar-refractivity contribution in [3.63, 3.8) is 0 Å². The molecule has 0 radical (unpaired) electrons. The summed E-state index contributed by atoms with van der Waals surface area (Å²) >= 11 is 0. The van der Waals surface area contributed by atoms with Gasteiger partial charge in [-0.15, -0.1) is 0 Å². The molecule has 2 aromatic rings. The van der Waals surface area contributed by atoms with Gasteiger partial charge in [0.2, 0.25) is 10.0 Å². The Balaban J connectivity index is 1.68. The molecule has 0 fully saturated rings. The molecule has 24 heavy (non-hydrogen) atoms. The molecule has 0 aliphatic carbocycles. The summed E-state index contributed by atoms with van der Waals surface area (Å²) in [5, 5.41) is 5.17. The topological polar surface area (TPSA) is 89.7 Å². The average molecular weight is 346 g/mol. The predicted octanol–water partition coefficient (Wildman–Crippen LogP) is 1.30. The van der Waals surface area contributed by atoms with Crippen molar-refractivity contribution in [1.82, 2.24) is 4.90 Å². The van der Waals surface area contributed by atoms with E-state index in [2.05, 4.69) is 0 Å². The maximum atomic E-state index is 12.3. The first-order valence-corrected chi connectivity index (χ1v) is 9.08. The zero-order valence-corrected chi connectivity index (χ0v) is 13.8. The molecule has 0 aromatic heterocycles. The van der Waals surface area contributed by atoms with E-state index < -0.39 is 10.0 Å². The van der Waals surface area contributed by atoms with Gasteiger partial charge in [0, 0.05) is 13.1 Å². The van der Waals surface area contributed by atoms with Gasteiger partial charge in [0.15, 0.2) is 6.61 Å². The number of rotatable bonds is 4. The smallest absolute Gasteiger partial charge is 0.260 e. The summed E-state index contributed by atoms with van der Waals surface area (Å²) < 4.78 is 28.4. The van der Waals surface area contributed by atoms with Crippen LogP contribution in [-0.4, -0.2) is 32.4 Å². The number of primary sulfonamides is 1. The van der Waals surface area contributed by atoms with Gasteiger partial charge in [0.05, 0.1) is 4.90 Å². The third kappa shape index (κ3) is 3.74. The van der Waals surface area contributed by atoms with Crippen LogP contribution in [0.2, 0.25) is 0 Å². The molecule has 0 atom stereocenters. The van der Waals surface area contributed by atoms with E-state index in [1.807, 2.05) is 18.2 Å². The minimum absolute atomic E-state index is 0.0474. The van der Waals surface area contributed by atoms with Gasteiger partial charge in [0.25, 0.3) is 5.91 Å². The fourth-order valence-corrected chi connectivity index (χ4v) is 3.24. The van der Waals surface area contributed by atoms with E-state index in [4.69, 9.17) is 9.88 Å². The molecule has 126 valence electrons. The van der Waals surface area contributed by atoms with E-state index in [9.17, 15) is 13.2 Å². The van der Waals surface area contributed by atoms with Crippen LogP contribution in [0, 0.1) is 0 Å². The van der Waals surface area contributed by atoms with E-state index in [0.29, 0.717) is 25.3 Å². The van der Waals surface area contributed by atoms with Crippen LogP contribution in [0.25, 0.3) is 0 Å². The molecule has 1 aliphatic heterocycles. The van der Waals surface area contributed by atoms with Gasteiger partial charge in [-0.3, -0.25) is 4.79 Å². The molecule has 0 bridgehead atoms. The van der Waals surface area contributed by atoms with Crippen molar-refractivity contribution < 1.29 is 17.9 Å². The molecular formula is C17H18N2O4S. The number of para-hydroxylation sites is 1. The summed E-state index contributed by atoms with van der Waals surface area (Å²) in [5.74, 6) is 0.505. The number of hydrogen-bond donors (Lipinski definition) is 1. The standard InChI is InChI=1S/C17H18N2O4S/c18-24(21,22)16-7-6-13-8-9-19(11-14(13)10-16)17(20)12-23-15-4-2-1-3-5-15/h1-7,10H,8-9,11-12H2,(H2,18,21,22). The maximum absolute atomic E-state index is 12.3. The number of carbonyl (C=O) groups excluding carboxylic acids is 1. The molecule has 2 N–H and O–H groups in total. The van der Waals surface area contributed by atoms with Gasteiger partial charge >= 0.3 is 0 Å². The van der Waals surface area contributed by atoms with Gasteiger partial charge in [-0.1, -0.05) is 24.3 Å². The zero-order valence-electron chi connectivity index (χ0n) is 13.0. The van der Waals surface area contributed by atoms with Gasteiger partial charge in [-0.2, -0.15) is 0 Å².